The number of aryl methyl sites for hydroxylation is 1. The molecule has 5 nitrogen and oxygen atoms in total. The molecule has 0 radical (unpaired) electrons. The fourth-order valence-corrected chi connectivity index (χ4v) is 2.16. The van der Waals surface area contributed by atoms with E-state index in [-0.39, 0.29) is 17.5 Å². The fourth-order valence-electron chi connectivity index (χ4n) is 2.16. The molecule has 0 spiro atoms. The third-order valence-corrected chi connectivity index (χ3v) is 3.31. The van der Waals surface area contributed by atoms with Crippen molar-refractivity contribution in [2.75, 3.05) is 5.32 Å². The quantitative estimate of drug-likeness (QED) is 0.515. The van der Waals surface area contributed by atoms with E-state index in [0.717, 1.165) is 19.3 Å². The number of carbonyl (C=O) groups excluding carboxylic acids is 1. The minimum Gasteiger partial charge on any atom is -0.326 e. The Labute approximate surface area is 111 Å². The van der Waals surface area contributed by atoms with E-state index < -0.39 is 4.92 Å². The lowest BCUT2D eigenvalue weighted by atomic mass is 9.93. The highest BCUT2D eigenvalue weighted by molar-refractivity contribution is 5.93. The van der Waals surface area contributed by atoms with Gasteiger partial charge in [-0.25, -0.2) is 0 Å². The summed E-state index contributed by atoms with van der Waals surface area (Å²) in [5.74, 6) is -0.104. The van der Waals surface area contributed by atoms with Gasteiger partial charge in [-0.15, -0.1) is 0 Å². The molecule has 19 heavy (non-hydrogen) atoms. The number of nitrogens with zero attached hydrogens (tertiary/aromatic N) is 1. The standard InChI is InChI=1S/C14H16N2O3/c1-10-7-8-12(9-13(10)16(18)19)15-14(17)11-5-3-2-4-6-11/h2-3,7-9,11H,4-6H2,1H3,(H,15,17)/t11-/m1/s1. The summed E-state index contributed by atoms with van der Waals surface area (Å²) in [7, 11) is 0. The molecule has 0 aromatic heterocycles. The minimum atomic E-state index is -0.436. The van der Waals surface area contributed by atoms with Crippen LogP contribution in [-0.4, -0.2) is 10.8 Å². The van der Waals surface area contributed by atoms with E-state index in [1.807, 2.05) is 6.08 Å². The van der Waals surface area contributed by atoms with Gasteiger partial charge in [0.05, 0.1) is 4.92 Å². The Bertz CT molecular complexity index is 537. The molecule has 1 N–H and O–H groups in total. The van der Waals surface area contributed by atoms with Crippen molar-refractivity contribution in [3.8, 4) is 0 Å². The van der Waals surface area contributed by atoms with Crippen molar-refractivity contribution in [2.24, 2.45) is 5.92 Å². The predicted molar refractivity (Wildman–Crippen MR) is 72.9 cm³/mol. The van der Waals surface area contributed by atoms with Crippen molar-refractivity contribution < 1.29 is 9.72 Å². The predicted octanol–water partition coefficient (Wildman–Crippen LogP) is 3.20. The van der Waals surface area contributed by atoms with Crippen LogP contribution in [0.5, 0.6) is 0 Å². The second-order valence-corrected chi connectivity index (χ2v) is 4.73. The molecule has 0 saturated carbocycles. The largest absolute Gasteiger partial charge is 0.326 e. The molecule has 5 heteroatoms. The van der Waals surface area contributed by atoms with Gasteiger partial charge in [0.15, 0.2) is 0 Å². The average Bonchev–Trinajstić information content (AvgIpc) is 2.41. The van der Waals surface area contributed by atoms with Crippen molar-refractivity contribution >= 4 is 17.3 Å². The maximum atomic E-state index is 12.0. The zero-order valence-corrected chi connectivity index (χ0v) is 10.8. The van der Waals surface area contributed by atoms with Gasteiger partial charge in [0.25, 0.3) is 5.69 Å². The molecule has 1 aromatic carbocycles. The molecule has 2 rings (SSSR count). The number of benzene rings is 1. The van der Waals surface area contributed by atoms with Crippen LogP contribution in [0.25, 0.3) is 0 Å². The van der Waals surface area contributed by atoms with Crippen LogP contribution in [-0.2, 0) is 4.79 Å². The molecular formula is C14H16N2O3. The van der Waals surface area contributed by atoms with E-state index >= 15 is 0 Å². The van der Waals surface area contributed by atoms with Crippen LogP contribution in [0, 0.1) is 23.0 Å². The SMILES string of the molecule is Cc1ccc(NC(=O)[C@@H]2CC=CCC2)cc1[N+](=O)[O-]. The molecule has 0 heterocycles. The van der Waals surface area contributed by atoms with Crippen LogP contribution >= 0.6 is 0 Å². The lowest BCUT2D eigenvalue weighted by molar-refractivity contribution is -0.385. The number of amides is 1. The Morgan fingerprint density at radius 2 is 2.21 bits per heavy atom. The van der Waals surface area contributed by atoms with Gasteiger partial charge in [0.2, 0.25) is 5.91 Å². The van der Waals surface area contributed by atoms with Crippen molar-refractivity contribution in [2.45, 2.75) is 26.2 Å². The first-order chi connectivity index (χ1) is 9.08. The van der Waals surface area contributed by atoms with Gasteiger partial charge in [-0.1, -0.05) is 18.2 Å². The number of hydrogen-bond donors (Lipinski definition) is 1. The first-order valence-electron chi connectivity index (χ1n) is 6.29. The van der Waals surface area contributed by atoms with Crippen molar-refractivity contribution in [1.82, 2.24) is 0 Å². The van der Waals surface area contributed by atoms with Crippen LogP contribution < -0.4 is 5.32 Å². The average molecular weight is 260 g/mol. The minimum absolute atomic E-state index is 0.0290. The van der Waals surface area contributed by atoms with Gasteiger partial charge in [0.1, 0.15) is 0 Å². The van der Waals surface area contributed by atoms with Crippen LogP contribution in [0.2, 0.25) is 0 Å². The summed E-state index contributed by atoms with van der Waals surface area (Å²) in [6.07, 6.45) is 6.55. The summed E-state index contributed by atoms with van der Waals surface area (Å²) < 4.78 is 0. The van der Waals surface area contributed by atoms with Gasteiger partial charge >= 0.3 is 0 Å². The second-order valence-electron chi connectivity index (χ2n) is 4.73. The number of nitrogens with one attached hydrogen (secondary N) is 1. The van der Waals surface area contributed by atoms with Crippen molar-refractivity contribution in [1.29, 1.82) is 0 Å². The number of carbonyl (C=O) groups is 1. The highest BCUT2D eigenvalue weighted by atomic mass is 16.6. The lowest BCUT2D eigenvalue weighted by Gasteiger charge is -2.17. The van der Waals surface area contributed by atoms with Crippen LogP contribution in [0.15, 0.2) is 30.4 Å². The molecule has 0 bridgehead atoms. The Balaban J connectivity index is 2.10. The van der Waals surface area contributed by atoms with Gasteiger partial charge in [0, 0.05) is 23.2 Å². The third-order valence-electron chi connectivity index (χ3n) is 3.31. The molecule has 100 valence electrons. The number of anilines is 1. The zero-order valence-electron chi connectivity index (χ0n) is 10.8. The number of nitro groups is 1. The smallest absolute Gasteiger partial charge is 0.274 e. The number of allylic oxidation sites excluding steroid dienone is 2. The summed E-state index contributed by atoms with van der Waals surface area (Å²) in [5, 5.41) is 13.6. The third kappa shape index (κ3) is 3.19. The first kappa shape index (κ1) is 13.3. The van der Waals surface area contributed by atoms with E-state index in [0.29, 0.717) is 11.3 Å². The maximum Gasteiger partial charge on any atom is 0.274 e. The fraction of sp³-hybridized carbons (Fsp3) is 0.357. The number of rotatable bonds is 3. The topological polar surface area (TPSA) is 72.2 Å². The lowest BCUT2D eigenvalue weighted by Crippen LogP contribution is -2.23. The van der Waals surface area contributed by atoms with E-state index in [2.05, 4.69) is 11.4 Å². The van der Waals surface area contributed by atoms with Gasteiger partial charge in [-0.2, -0.15) is 0 Å². The molecule has 1 amide bonds. The van der Waals surface area contributed by atoms with E-state index in [9.17, 15) is 14.9 Å². The monoisotopic (exact) mass is 260 g/mol. The maximum absolute atomic E-state index is 12.0. The molecule has 0 aliphatic heterocycles. The highest BCUT2D eigenvalue weighted by Crippen LogP contribution is 2.24. The van der Waals surface area contributed by atoms with Crippen molar-refractivity contribution in [3.63, 3.8) is 0 Å². The number of nitro benzene ring substituents is 1. The van der Waals surface area contributed by atoms with Crippen LogP contribution in [0.4, 0.5) is 11.4 Å². The highest BCUT2D eigenvalue weighted by Gasteiger charge is 2.19. The van der Waals surface area contributed by atoms with Gasteiger partial charge in [-0.3, -0.25) is 14.9 Å². The molecule has 0 unspecified atom stereocenters. The Morgan fingerprint density at radius 3 is 2.84 bits per heavy atom. The summed E-state index contributed by atoms with van der Waals surface area (Å²) in [6.45, 7) is 1.68. The van der Waals surface area contributed by atoms with Gasteiger partial charge < -0.3 is 5.32 Å². The molecular weight excluding hydrogens is 244 g/mol. The van der Waals surface area contributed by atoms with E-state index in [1.54, 1.807) is 19.1 Å². The zero-order chi connectivity index (χ0) is 13.8. The summed E-state index contributed by atoms with van der Waals surface area (Å²) >= 11 is 0. The molecule has 1 aliphatic rings. The summed E-state index contributed by atoms with van der Waals surface area (Å²) in [5.41, 5.74) is 1.10. The second kappa shape index (κ2) is 5.65. The van der Waals surface area contributed by atoms with E-state index in [1.165, 1.54) is 6.07 Å². The molecule has 0 fully saturated rings. The first-order valence-corrected chi connectivity index (χ1v) is 6.29. The number of hydrogen-bond acceptors (Lipinski definition) is 3. The molecule has 1 aromatic rings. The van der Waals surface area contributed by atoms with Crippen LogP contribution in [0.3, 0.4) is 0 Å². The Morgan fingerprint density at radius 1 is 1.42 bits per heavy atom. The van der Waals surface area contributed by atoms with Gasteiger partial charge in [-0.05, 0) is 32.3 Å². The molecule has 0 saturated heterocycles. The molecule has 1 aliphatic carbocycles. The molecule has 1 atom stereocenters. The normalized spacial score (nSPS) is 18.1. The van der Waals surface area contributed by atoms with E-state index in [4.69, 9.17) is 0 Å². The Hall–Kier alpha value is -2.17. The van der Waals surface area contributed by atoms with Crippen LogP contribution in [0.1, 0.15) is 24.8 Å². The summed E-state index contributed by atoms with van der Waals surface area (Å²) in [4.78, 5) is 22.4. The summed E-state index contributed by atoms with van der Waals surface area (Å²) in [6, 6.07) is 4.75. The van der Waals surface area contributed by atoms with Crippen molar-refractivity contribution in [3.05, 3.63) is 46.0 Å². The Kier molecular flexibility index (Phi) is 3.94.